The second-order valence-corrected chi connectivity index (χ2v) is 5.47. The summed E-state index contributed by atoms with van der Waals surface area (Å²) in [6.45, 7) is 10.5. The first-order valence-electron chi connectivity index (χ1n) is 5.81. The normalized spacial score (nSPS) is 29.8. The molecule has 0 saturated carbocycles. The number of piperazine rings is 1. The maximum absolute atomic E-state index is 3.57. The summed E-state index contributed by atoms with van der Waals surface area (Å²) >= 11 is 0. The topological polar surface area (TPSA) is 15.3 Å². The molecule has 0 radical (unpaired) electrons. The van der Waals surface area contributed by atoms with Gasteiger partial charge in [-0.25, -0.2) is 0 Å². The molecule has 1 aliphatic heterocycles. The van der Waals surface area contributed by atoms with E-state index >= 15 is 0 Å². The number of nitrogens with zero attached hydrogens (tertiary/aromatic N) is 1. The molecular formula is C11H25N2P. The maximum atomic E-state index is 3.57. The molecule has 14 heavy (non-hydrogen) atoms. The predicted octanol–water partition coefficient (Wildman–Crippen LogP) is 1.57. The Morgan fingerprint density at radius 3 is 2.79 bits per heavy atom. The molecule has 0 bridgehead atoms. The van der Waals surface area contributed by atoms with Crippen molar-refractivity contribution >= 4 is 9.24 Å². The molecule has 84 valence electrons. The highest BCUT2D eigenvalue weighted by Crippen LogP contribution is 2.13. The first-order valence-corrected chi connectivity index (χ1v) is 6.62. The van der Waals surface area contributed by atoms with Crippen molar-refractivity contribution in [2.45, 2.75) is 39.3 Å². The predicted molar refractivity (Wildman–Crippen MR) is 66.9 cm³/mol. The van der Waals surface area contributed by atoms with Gasteiger partial charge < -0.3 is 5.32 Å². The van der Waals surface area contributed by atoms with Crippen molar-refractivity contribution in [1.29, 1.82) is 0 Å². The average molecular weight is 216 g/mol. The molecular weight excluding hydrogens is 191 g/mol. The molecule has 1 rings (SSSR count). The van der Waals surface area contributed by atoms with Crippen LogP contribution in [0.25, 0.3) is 0 Å². The fourth-order valence-electron chi connectivity index (χ4n) is 2.20. The molecule has 0 aromatic carbocycles. The largest absolute Gasteiger partial charge is 0.311 e. The molecule has 0 amide bonds. The number of nitrogens with one attached hydrogen (secondary N) is 1. The Labute approximate surface area is 91.0 Å². The van der Waals surface area contributed by atoms with E-state index in [1.54, 1.807) is 0 Å². The summed E-state index contributed by atoms with van der Waals surface area (Å²) in [7, 11) is 2.84. The van der Waals surface area contributed by atoms with E-state index in [0.29, 0.717) is 6.04 Å². The highest BCUT2D eigenvalue weighted by atomic mass is 31.0. The first-order chi connectivity index (χ1) is 6.63. The van der Waals surface area contributed by atoms with Crippen molar-refractivity contribution < 1.29 is 0 Å². The zero-order valence-corrected chi connectivity index (χ0v) is 10.9. The average Bonchev–Trinajstić information content (AvgIpc) is 2.09. The fourth-order valence-corrected chi connectivity index (χ4v) is 2.59. The van der Waals surface area contributed by atoms with Crippen LogP contribution in [0.3, 0.4) is 0 Å². The van der Waals surface area contributed by atoms with E-state index < -0.39 is 0 Å². The van der Waals surface area contributed by atoms with Gasteiger partial charge in [0.05, 0.1) is 0 Å². The molecule has 1 aliphatic rings. The maximum Gasteiger partial charge on any atom is 0.0224 e. The van der Waals surface area contributed by atoms with Crippen LogP contribution in [0.5, 0.6) is 0 Å². The van der Waals surface area contributed by atoms with Crippen LogP contribution in [-0.2, 0) is 0 Å². The van der Waals surface area contributed by atoms with Gasteiger partial charge in [-0.1, -0.05) is 13.8 Å². The van der Waals surface area contributed by atoms with Gasteiger partial charge >= 0.3 is 0 Å². The van der Waals surface area contributed by atoms with Crippen molar-refractivity contribution in [2.75, 3.05) is 25.8 Å². The number of hydrogen-bond acceptors (Lipinski definition) is 2. The molecule has 2 nitrogen and oxygen atoms in total. The third kappa shape index (κ3) is 3.84. The van der Waals surface area contributed by atoms with Gasteiger partial charge in [-0.3, -0.25) is 4.90 Å². The quantitative estimate of drug-likeness (QED) is 0.718. The summed E-state index contributed by atoms with van der Waals surface area (Å²) in [5, 5.41) is 3.57. The molecule has 3 heteroatoms. The van der Waals surface area contributed by atoms with Gasteiger partial charge in [0.1, 0.15) is 0 Å². The SMILES string of the molecule is CC(C)CN1CC(C)NCC1CCP. The number of hydrogen-bond donors (Lipinski definition) is 1. The van der Waals surface area contributed by atoms with Crippen molar-refractivity contribution in [3.05, 3.63) is 0 Å². The molecule has 1 fully saturated rings. The summed E-state index contributed by atoms with van der Waals surface area (Å²) in [4.78, 5) is 2.66. The molecule has 0 aromatic rings. The van der Waals surface area contributed by atoms with Gasteiger partial charge in [0, 0.05) is 31.7 Å². The molecule has 3 unspecified atom stereocenters. The molecule has 1 heterocycles. The molecule has 3 atom stereocenters. The van der Waals surface area contributed by atoms with Crippen LogP contribution >= 0.6 is 9.24 Å². The van der Waals surface area contributed by atoms with E-state index in [9.17, 15) is 0 Å². The van der Waals surface area contributed by atoms with Gasteiger partial charge in [-0.15, -0.1) is 9.24 Å². The second-order valence-electron chi connectivity index (χ2n) is 4.89. The second kappa shape index (κ2) is 6.05. The summed E-state index contributed by atoms with van der Waals surface area (Å²) in [5.74, 6) is 0.785. The van der Waals surface area contributed by atoms with Crippen LogP contribution in [0.15, 0.2) is 0 Å². The van der Waals surface area contributed by atoms with Crippen LogP contribution in [0.1, 0.15) is 27.2 Å². The van der Waals surface area contributed by atoms with Gasteiger partial charge in [-0.2, -0.15) is 0 Å². The Morgan fingerprint density at radius 2 is 2.21 bits per heavy atom. The fraction of sp³-hybridized carbons (Fsp3) is 1.00. The minimum Gasteiger partial charge on any atom is -0.311 e. The molecule has 1 saturated heterocycles. The lowest BCUT2D eigenvalue weighted by Gasteiger charge is -2.40. The van der Waals surface area contributed by atoms with Crippen LogP contribution in [0.4, 0.5) is 0 Å². The van der Waals surface area contributed by atoms with Crippen LogP contribution in [0, 0.1) is 5.92 Å². The van der Waals surface area contributed by atoms with Crippen molar-refractivity contribution in [3.63, 3.8) is 0 Å². The minimum absolute atomic E-state index is 0.662. The van der Waals surface area contributed by atoms with Crippen LogP contribution in [0.2, 0.25) is 0 Å². The van der Waals surface area contributed by atoms with E-state index in [2.05, 4.69) is 40.2 Å². The summed E-state index contributed by atoms with van der Waals surface area (Å²) in [6, 6.07) is 1.42. The molecule has 1 N–H and O–H groups in total. The Morgan fingerprint density at radius 1 is 1.50 bits per heavy atom. The van der Waals surface area contributed by atoms with Gasteiger partial charge in [-0.05, 0) is 25.4 Å². The van der Waals surface area contributed by atoms with Gasteiger partial charge in [0.25, 0.3) is 0 Å². The van der Waals surface area contributed by atoms with Crippen molar-refractivity contribution in [3.8, 4) is 0 Å². The lowest BCUT2D eigenvalue weighted by atomic mass is 10.1. The highest BCUT2D eigenvalue weighted by Gasteiger charge is 2.25. The van der Waals surface area contributed by atoms with E-state index in [0.717, 1.165) is 12.0 Å². The third-order valence-corrected chi connectivity index (χ3v) is 3.16. The van der Waals surface area contributed by atoms with Crippen LogP contribution in [-0.4, -0.2) is 42.8 Å². The Hall–Kier alpha value is 0.350. The zero-order valence-electron chi connectivity index (χ0n) is 9.79. The van der Waals surface area contributed by atoms with E-state index in [1.807, 2.05) is 0 Å². The van der Waals surface area contributed by atoms with Crippen LogP contribution < -0.4 is 5.32 Å². The zero-order chi connectivity index (χ0) is 10.6. The van der Waals surface area contributed by atoms with Gasteiger partial charge in [0.2, 0.25) is 0 Å². The summed E-state index contributed by atoms with van der Waals surface area (Å²) in [6.07, 6.45) is 2.52. The van der Waals surface area contributed by atoms with Crippen molar-refractivity contribution in [1.82, 2.24) is 10.2 Å². The Kier molecular flexibility index (Phi) is 5.36. The van der Waals surface area contributed by atoms with Crippen molar-refractivity contribution in [2.24, 2.45) is 5.92 Å². The third-order valence-electron chi connectivity index (χ3n) is 2.83. The van der Waals surface area contributed by atoms with Gasteiger partial charge in [0.15, 0.2) is 0 Å². The summed E-state index contributed by atoms with van der Waals surface area (Å²) in [5.41, 5.74) is 0. The van der Waals surface area contributed by atoms with E-state index in [1.165, 1.54) is 32.2 Å². The monoisotopic (exact) mass is 216 g/mol. The summed E-state index contributed by atoms with van der Waals surface area (Å²) < 4.78 is 0. The van der Waals surface area contributed by atoms with E-state index in [4.69, 9.17) is 0 Å². The number of rotatable bonds is 4. The lowest BCUT2D eigenvalue weighted by molar-refractivity contribution is 0.118. The highest BCUT2D eigenvalue weighted by molar-refractivity contribution is 7.16. The Balaban J connectivity index is 2.45. The molecule has 0 aromatic heterocycles. The first kappa shape index (κ1) is 12.4. The smallest absolute Gasteiger partial charge is 0.0224 e. The minimum atomic E-state index is 0.662. The molecule has 0 spiro atoms. The molecule has 0 aliphatic carbocycles. The standard InChI is InChI=1S/C11H25N2P/c1-9(2)7-13-8-10(3)12-6-11(13)4-5-14/h9-12H,4-8,14H2,1-3H3. The lowest BCUT2D eigenvalue weighted by Crippen LogP contribution is -2.56. The Bertz CT molecular complexity index is 159. The van der Waals surface area contributed by atoms with E-state index in [-0.39, 0.29) is 0 Å².